The third kappa shape index (κ3) is 3.92. The molecule has 0 atom stereocenters. The maximum atomic E-state index is 5.21. The van der Waals surface area contributed by atoms with Gasteiger partial charge in [0.25, 0.3) is 0 Å². The van der Waals surface area contributed by atoms with Gasteiger partial charge in [-0.1, -0.05) is 33.2 Å². The molecule has 0 aliphatic rings. The Balaban J connectivity index is 1.91. The second-order valence-corrected chi connectivity index (χ2v) is 5.03. The molecule has 0 aliphatic heterocycles. The maximum Gasteiger partial charge on any atom is 0.226 e. The molecule has 4 nitrogen and oxygen atoms in total. The third-order valence-corrected chi connectivity index (χ3v) is 3.13. The Morgan fingerprint density at radius 1 is 1.28 bits per heavy atom. The lowest BCUT2D eigenvalue weighted by atomic mass is 10.1. The van der Waals surface area contributed by atoms with Crippen molar-refractivity contribution in [3.05, 3.63) is 46.0 Å². The molecule has 96 valence electrons. The Morgan fingerprint density at radius 2 is 2.06 bits per heavy atom. The zero-order valence-electron chi connectivity index (χ0n) is 10.3. The molecule has 1 heterocycles. The van der Waals surface area contributed by atoms with Crippen molar-refractivity contribution < 1.29 is 4.52 Å². The number of hydrogen-bond donors (Lipinski definition) is 1. The molecule has 1 aromatic heterocycles. The maximum absolute atomic E-state index is 5.21. The van der Waals surface area contributed by atoms with Crippen LogP contribution in [0.4, 0.5) is 0 Å². The molecule has 0 fully saturated rings. The van der Waals surface area contributed by atoms with Crippen molar-refractivity contribution in [2.24, 2.45) is 0 Å². The van der Waals surface area contributed by atoms with Crippen LogP contribution in [0.5, 0.6) is 0 Å². The Labute approximate surface area is 115 Å². The van der Waals surface area contributed by atoms with Gasteiger partial charge in [-0.3, -0.25) is 0 Å². The fourth-order valence-corrected chi connectivity index (χ4v) is 1.93. The van der Waals surface area contributed by atoms with E-state index in [0.29, 0.717) is 6.42 Å². The molecule has 5 heteroatoms. The molecule has 2 aromatic rings. The molecule has 0 amide bonds. The van der Waals surface area contributed by atoms with Gasteiger partial charge >= 0.3 is 0 Å². The first-order valence-corrected chi connectivity index (χ1v) is 6.78. The zero-order valence-corrected chi connectivity index (χ0v) is 11.9. The highest BCUT2D eigenvalue weighted by Gasteiger charge is 2.06. The van der Waals surface area contributed by atoms with Crippen LogP contribution in [0, 0.1) is 0 Å². The lowest BCUT2D eigenvalue weighted by Crippen LogP contribution is -2.08. The largest absolute Gasteiger partial charge is 0.339 e. The van der Waals surface area contributed by atoms with Crippen LogP contribution < -0.4 is 5.32 Å². The van der Waals surface area contributed by atoms with Crippen molar-refractivity contribution in [1.29, 1.82) is 0 Å². The van der Waals surface area contributed by atoms with Crippen LogP contribution in [0.15, 0.2) is 33.3 Å². The summed E-state index contributed by atoms with van der Waals surface area (Å²) in [4.78, 5) is 4.38. The second kappa shape index (κ2) is 6.66. The summed E-state index contributed by atoms with van der Waals surface area (Å²) in [6, 6.07) is 8.15. The fraction of sp³-hybridized carbons (Fsp3) is 0.385. The smallest absolute Gasteiger partial charge is 0.226 e. The van der Waals surface area contributed by atoms with Gasteiger partial charge in [0.2, 0.25) is 5.89 Å². The molecule has 1 N–H and O–H groups in total. The summed E-state index contributed by atoms with van der Waals surface area (Å²) < 4.78 is 6.29. The van der Waals surface area contributed by atoms with E-state index in [1.54, 1.807) is 0 Å². The summed E-state index contributed by atoms with van der Waals surface area (Å²) in [7, 11) is 1.94. The molecular formula is C13H16BrN3O. The minimum atomic E-state index is 0.711. The quantitative estimate of drug-likeness (QED) is 0.833. The van der Waals surface area contributed by atoms with E-state index in [0.717, 1.165) is 35.6 Å². The number of nitrogens with zero attached hydrogens (tertiary/aromatic N) is 2. The molecule has 0 spiro atoms. The van der Waals surface area contributed by atoms with E-state index in [1.165, 1.54) is 5.56 Å². The summed E-state index contributed by atoms with van der Waals surface area (Å²) in [6.07, 6.45) is 2.55. The first kappa shape index (κ1) is 13.2. The molecule has 1 aromatic carbocycles. The van der Waals surface area contributed by atoms with Crippen molar-refractivity contribution in [3.63, 3.8) is 0 Å². The van der Waals surface area contributed by atoms with Gasteiger partial charge in [0, 0.05) is 17.3 Å². The van der Waals surface area contributed by atoms with Gasteiger partial charge in [-0.2, -0.15) is 4.98 Å². The molecule has 0 saturated heterocycles. The van der Waals surface area contributed by atoms with E-state index in [-0.39, 0.29) is 0 Å². The first-order chi connectivity index (χ1) is 8.78. The minimum absolute atomic E-state index is 0.711. The predicted molar refractivity (Wildman–Crippen MR) is 73.5 cm³/mol. The molecule has 0 bridgehead atoms. The fourth-order valence-electron chi connectivity index (χ4n) is 1.66. The van der Waals surface area contributed by atoms with E-state index in [2.05, 4.69) is 43.5 Å². The van der Waals surface area contributed by atoms with Gasteiger partial charge in [-0.25, -0.2) is 0 Å². The zero-order chi connectivity index (χ0) is 12.8. The van der Waals surface area contributed by atoms with Crippen molar-refractivity contribution in [3.8, 4) is 0 Å². The number of aromatic nitrogens is 2. The van der Waals surface area contributed by atoms with Gasteiger partial charge in [0.05, 0.1) is 0 Å². The number of nitrogens with one attached hydrogen (secondary N) is 1. The van der Waals surface area contributed by atoms with E-state index in [1.807, 2.05) is 19.2 Å². The third-order valence-electron chi connectivity index (χ3n) is 2.60. The molecule has 0 radical (unpaired) electrons. The summed E-state index contributed by atoms with van der Waals surface area (Å²) in [5.74, 6) is 1.47. The van der Waals surface area contributed by atoms with Gasteiger partial charge in [-0.05, 0) is 37.7 Å². The average molecular weight is 310 g/mol. The van der Waals surface area contributed by atoms with E-state index < -0.39 is 0 Å². The van der Waals surface area contributed by atoms with Crippen LogP contribution in [0.1, 0.15) is 23.7 Å². The number of rotatable bonds is 6. The second-order valence-electron chi connectivity index (χ2n) is 4.11. The van der Waals surface area contributed by atoms with Crippen LogP contribution in [-0.4, -0.2) is 23.7 Å². The van der Waals surface area contributed by atoms with Crippen molar-refractivity contribution in [2.45, 2.75) is 19.3 Å². The van der Waals surface area contributed by atoms with E-state index >= 15 is 0 Å². The Bertz CT molecular complexity index is 481. The summed E-state index contributed by atoms with van der Waals surface area (Å²) in [5, 5.41) is 7.09. The van der Waals surface area contributed by atoms with Gasteiger partial charge < -0.3 is 9.84 Å². The molecule has 2 rings (SSSR count). The first-order valence-electron chi connectivity index (χ1n) is 5.98. The van der Waals surface area contributed by atoms with Gasteiger partial charge in [0.1, 0.15) is 0 Å². The minimum Gasteiger partial charge on any atom is -0.339 e. The molecule has 0 aliphatic carbocycles. The Kier molecular flexibility index (Phi) is 4.90. The average Bonchev–Trinajstić information content (AvgIpc) is 2.80. The lowest BCUT2D eigenvalue weighted by molar-refractivity contribution is 0.370. The summed E-state index contributed by atoms with van der Waals surface area (Å²) in [5.41, 5.74) is 1.18. The van der Waals surface area contributed by atoms with Crippen LogP contribution >= 0.6 is 15.9 Å². The van der Waals surface area contributed by atoms with Crippen molar-refractivity contribution in [2.75, 3.05) is 13.6 Å². The highest BCUT2D eigenvalue weighted by molar-refractivity contribution is 9.10. The SMILES string of the molecule is CNCCCc1nc(Cc2ccc(Br)cc2)no1. The predicted octanol–water partition coefficient (Wildman–Crippen LogP) is 2.57. The highest BCUT2D eigenvalue weighted by atomic mass is 79.9. The van der Waals surface area contributed by atoms with Crippen LogP contribution in [-0.2, 0) is 12.8 Å². The number of hydrogen-bond acceptors (Lipinski definition) is 4. The monoisotopic (exact) mass is 309 g/mol. The van der Waals surface area contributed by atoms with Gasteiger partial charge in [0.15, 0.2) is 5.82 Å². The van der Waals surface area contributed by atoms with Crippen molar-refractivity contribution in [1.82, 2.24) is 15.5 Å². The topological polar surface area (TPSA) is 51.0 Å². The summed E-state index contributed by atoms with van der Waals surface area (Å²) >= 11 is 3.41. The van der Waals surface area contributed by atoms with Crippen LogP contribution in [0.3, 0.4) is 0 Å². The van der Waals surface area contributed by atoms with Crippen LogP contribution in [0.25, 0.3) is 0 Å². The Hall–Kier alpha value is -1.20. The standard InChI is InChI=1S/C13H16BrN3O/c1-15-8-2-3-13-16-12(17-18-13)9-10-4-6-11(14)7-5-10/h4-7,15H,2-3,8-9H2,1H3. The summed E-state index contributed by atoms with van der Waals surface area (Å²) in [6.45, 7) is 0.963. The van der Waals surface area contributed by atoms with Crippen molar-refractivity contribution >= 4 is 15.9 Å². The number of benzene rings is 1. The van der Waals surface area contributed by atoms with E-state index in [4.69, 9.17) is 4.52 Å². The van der Waals surface area contributed by atoms with Gasteiger partial charge in [-0.15, -0.1) is 0 Å². The van der Waals surface area contributed by atoms with E-state index in [9.17, 15) is 0 Å². The van der Waals surface area contributed by atoms with Crippen LogP contribution in [0.2, 0.25) is 0 Å². The molecule has 0 saturated carbocycles. The lowest BCUT2D eigenvalue weighted by Gasteiger charge is -1.96. The molecule has 18 heavy (non-hydrogen) atoms. The highest BCUT2D eigenvalue weighted by Crippen LogP contribution is 2.13. The number of halogens is 1. The molecule has 0 unspecified atom stereocenters. The number of aryl methyl sites for hydroxylation is 1. The normalized spacial score (nSPS) is 10.8. The Morgan fingerprint density at radius 3 is 2.78 bits per heavy atom. The molecular weight excluding hydrogens is 294 g/mol.